The van der Waals surface area contributed by atoms with Crippen LogP contribution in [0.1, 0.15) is 48.2 Å². The van der Waals surface area contributed by atoms with Gasteiger partial charge in [0.05, 0.1) is 11.3 Å². The minimum absolute atomic E-state index is 0.327. The number of amides is 1. The van der Waals surface area contributed by atoms with Crippen LogP contribution in [0.25, 0.3) is 0 Å². The molecular formula is C13H17N3O3. The van der Waals surface area contributed by atoms with Gasteiger partial charge in [-0.2, -0.15) is 0 Å². The Kier molecular flexibility index (Phi) is 3.78. The van der Waals surface area contributed by atoms with Crippen LogP contribution in [0.3, 0.4) is 0 Å². The normalized spacial score (nSPS) is 17.7. The van der Waals surface area contributed by atoms with E-state index in [0.29, 0.717) is 24.1 Å². The summed E-state index contributed by atoms with van der Waals surface area (Å²) in [4.78, 5) is 31.4. The summed E-state index contributed by atoms with van der Waals surface area (Å²) in [6.45, 7) is 1.70. The van der Waals surface area contributed by atoms with Gasteiger partial charge in [0, 0.05) is 6.20 Å². The summed E-state index contributed by atoms with van der Waals surface area (Å²) in [7, 11) is 0. The molecule has 0 bridgehead atoms. The van der Waals surface area contributed by atoms with Gasteiger partial charge >= 0.3 is 5.97 Å². The van der Waals surface area contributed by atoms with Gasteiger partial charge in [-0.1, -0.05) is 19.3 Å². The Morgan fingerprint density at radius 1 is 1.32 bits per heavy atom. The van der Waals surface area contributed by atoms with Gasteiger partial charge < -0.3 is 10.4 Å². The molecule has 0 saturated heterocycles. The van der Waals surface area contributed by atoms with E-state index in [-0.39, 0.29) is 0 Å². The minimum Gasteiger partial charge on any atom is -0.480 e. The van der Waals surface area contributed by atoms with Crippen LogP contribution in [0.15, 0.2) is 12.5 Å². The van der Waals surface area contributed by atoms with E-state index in [1.54, 1.807) is 6.92 Å². The van der Waals surface area contributed by atoms with E-state index in [9.17, 15) is 14.7 Å². The molecule has 0 aliphatic heterocycles. The van der Waals surface area contributed by atoms with E-state index in [0.717, 1.165) is 19.3 Å². The molecule has 0 spiro atoms. The zero-order chi connectivity index (χ0) is 13.9. The maximum absolute atomic E-state index is 12.2. The molecule has 0 atom stereocenters. The third kappa shape index (κ3) is 2.72. The highest BCUT2D eigenvalue weighted by Gasteiger charge is 2.41. The average molecular weight is 263 g/mol. The number of carboxylic acid groups (broad SMARTS) is 1. The van der Waals surface area contributed by atoms with Crippen molar-refractivity contribution in [2.24, 2.45) is 0 Å². The molecule has 1 aliphatic rings. The number of nitrogens with zero attached hydrogens (tertiary/aromatic N) is 2. The lowest BCUT2D eigenvalue weighted by Gasteiger charge is -2.34. The van der Waals surface area contributed by atoms with E-state index >= 15 is 0 Å². The average Bonchev–Trinajstić information content (AvgIpc) is 2.40. The van der Waals surface area contributed by atoms with E-state index < -0.39 is 17.4 Å². The van der Waals surface area contributed by atoms with Gasteiger partial charge in [0.25, 0.3) is 5.91 Å². The van der Waals surface area contributed by atoms with E-state index in [1.165, 1.54) is 12.5 Å². The third-order valence-corrected chi connectivity index (χ3v) is 3.63. The molecule has 19 heavy (non-hydrogen) atoms. The van der Waals surface area contributed by atoms with Crippen LogP contribution in [0.5, 0.6) is 0 Å². The second-order valence-corrected chi connectivity index (χ2v) is 4.92. The van der Waals surface area contributed by atoms with Crippen molar-refractivity contribution in [3.8, 4) is 0 Å². The van der Waals surface area contributed by atoms with E-state index in [2.05, 4.69) is 15.3 Å². The smallest absolute Gasteiger partial charge is 0.329 e. The Morgan fingerprint density at radius 2 is 2.00 bits per heavy atom. The molecule has 6 nitrogen and oxygen atoms in total. The summed E-state index contributed by atoms with van der Waals surface area (Å²) in [5.41, 5.74) is -0.269. The first-order chi connectivity index (χ1) is 9.05. The van der Waals surface area contributed by atoms with Crippen molar-refractivity contribution in [2.45, 2.75) is 44.6 Å². The van der Waals surface area contributed by atoms with Gasteiger partial charge in [0.2, 0.25) is 0 Å². The van der Waals surface area contributed by atoms with Crippen LogP contribution < -0.4 is 5.32 Å². The molecule has 1 aromatic rings. The molecule has 0 radical (unpaired) electrons. The largest absolute Gasteiger partial charge is 0.480 e. The van der Waals surface area contributed by atoms with Crippen molar-refractivity contribution < 1.29 is 14.7 Å². The predicted molar refractivity (Wildman–Crippen MR) is 67.7 cm³/mol. The van der Waals surface area contributed by atoms with Crippen molar-refractivity contribution in [2.75, 3.05) is 0 Å². The molecule has 0 unspecified atom stereocenters. The number of hydrogen-bond acceptors (Lipinski definition) is 4. The zero-order valence-electron chi connectivity index (χ0n) is 10.8. The maximum Gasteiger partial charge on any atom is 0.329 e. The molecule has 2 N–H and O–H groups in total. The van der Waals surface area contributed by atoms with Gasteiger partial charge in [-0.25, -0.2) is 14.8 Å². The van der Waals surface area contributed by atoms with Crippen LogP contribution in [-0.4, -0.2) is 32.5 Å². The standard InChI is InChI=1S/C13H17N3O3/c1-9-10(7-14-8-15-9)11(17)16-13(12(18)19)5-3-2-4-6-13/h7-8H,2-6H2,1H3,(H,16,17)(H,18,19). The van der Waals surface area contributed by atoms with Crippen LogP contribution in [0.4, 0.5) is 0 Å². The second-order valence-electron chi connectivity index (χ2n) is 4.92. The highest BCUT2D eigenvalue weighted by molar-refractivity contribution is 5.98. The first-order valence-electron chi connectivity index (χ1n) is 6.38. The lowest BCUT2D eigenvalue weighted by molar-refractivity contribution is -0.145. The summed E-state index contributed by atoms with van der Waals surface area (Å²) in [5, 5.41) is 12.1. The Balaban J connectivity index is 2.20. The fraction of sp³-hybridized carbons (Fsp3) is 0.538. The molecule has 102 valence electrons. The van der Waals surface area contributed by atoms with Crippen molar-refractivity contribution in [1.29, 1.82) is 0 Å². The van der Waals surface area contributed by atoms with Crippen molar-refractivity contribution in [3.63, 3.8) is 0 Å². The molecule has 0 aromatic carbocycles. The summed E-state index contributed by atoms with van der Waals surface area (Å²) >= 11 is 0. The Hall–Kier alpha value is -1.98. The lowest BCUT2D eigenvalue weighted by atomic mass is 9.81. The van der Waals surface area contributed by atoms with E-state index in [4.69, 9.17) is 0 Å². The molecule has 1 aromatic heterocycles. The monoisotopic (exact) mass is 263 g/mol. The number of aliphatic carboxylic acids is 1. The maximum atomic E-state index is 12.2. The van der Waals surface area contributed by atoms with Gasteiger partial charge in [-0.15, -0.1) is 0 Å². The highest BCUT2D eigenvalue weighted by atomic mass is 16.4. The number of carbonyl (C=O) groups is 2. The van der Waals surface area contributed by atoms with Gasteiger partial charge in [-0.3, -0.25) is 4.79 Å². The highest BCUT2D eigenvalue weighted by Crippen LogP contribution is 2.28. The van der Waals surface area contributed by atoms with Crippen LogP contribution in [-0.2, 0) is 4.79 Å². The molecule has 1 heterocycles. The first-order valence-corrected chi connectivity index (χ1v) is 6.38. The number of aryl methyl sites for hydroxylation is 1. The SMILES string of the molecule is Cc1ncncc1C(=O)NC1(C(=O)O)CCCCC1. The number of rotatable bonds is 3. The predicted octanol–water partition coefficient (Wildman–Crippen LogP) is 1.30. The number of aromatic nitrogens is 2. The zero-order valence-corrected chi connectivity index (χ0v) is 10.8. The first kappa shape index (κ1) is 13.5. The molecule has 1 amide bonds. The fourth-order valence-corrected chi connectivity index (χ4v) is 2.45. The molecule has 2 rings (SSSR count). The van der Waals surface area contributed by atoms with Gasteiger partial charge in [-0.05, 0) is 19.8 Å². The van der Waals surface area contributed by atoms with Crippen LogP contribution in [0.2, 0.25) is 0 Å². The summed E-state index contributed by atoms with van der Waals surface area (Å²) in [6.07, 6.45) is 6.36. The topological polar surface area (TPSA) is 92.2 Å². The Bertz CT molecular complexity index is 496. The Labute approximate surface area is 111 Å². The van der Waals surface area contributed by atoms with Crippen molar-refractivity contribution >= 4 is 11.9 Å². The van der Waals surface area contributed by atoms with Gasteiger partial charge in [0.15, 0.2) is 0 Å². The fourth-order valence-electron chi connectivity index (χ4n) is 2.45. The van der Waals surface area contributed by atoms with Crippen molar-refractivity contribution in [3.05, 3.63) is 23.8 Å². The third-order valence-electron chi connectivity index (χ3n) is 3.63. The number of carbonyl (C=O) groups excluding carboxylic acids is 1. The van der Waals surface area contributed by atoms with Crippen LogP contribution in [0, 0.1) is 6.92 Å². The number of nitrogens with one attached hydrogen (secondary N) is 1. The van der Waals surface area contributed by atoms with E-state index in [1.807, 2.05) is 0 Å². The summed E-state index contributed by atoms with van der Waals surface area (Å²) in [6, 6.07) is 0. The van der Waals surface area contributed by atoms with Gasteiger partial charge in [0.1, 0.15) is 11.9 Å². The molecule has 1 saturated carbocycles. The molecular weight excluding hydrogens is 246 g/mol. The summed E-state index contributed by atoms with van der Waals surface area (Å²) in [5.74, 6) is -1.38. The second kappa shape index (κ2) is 5.34. The summed E-state index contributed by atoms with van der Waals surface area (Å²) < 4.78 is 0. The molecule has 1 aliphatic carbocycles. The van der Waals surface area contributed by atoms with Crippen LogP contribution >= 0.6 is 0 Å². The molecule has 6 heteroatoms. The number of hydrogen-bond donors (Lipinski definition) is 2. The quantitative estimate of drug-likeness (QED) is 0.857. The lowest BCUT2D eigenvalue weighted by Crippen LogP contribution is -2.55. The Morgan fingerprint density at radius 3 is 2.58 bits per heavy atom. The minimum atomic E-state index is -1.14. The molecule has 1 fully saturated rings. The van der Waals surface area contributed by atoms with Crippen molar-refractivity contribution in [1.82, 2.24) is 15.3 Å². The number of carboxylic acids is 1.